The molecule has 2 aliphatic heterocycles. The lowest BCUT2D eigenvalue weighted by Crippen LogP contribution is -2.54. The van der Waals surface area contributed by atoms with Crippen LogP contribution in [0.4, 0.5) is 5.69 Å². The summed E-state index contributed by atoms with van der Waals surface area (Å²) in [5, 5.41) is 0.737. The lowest BCUT2D eigenvalue weighted by Gasteiger charge is -2.46. The Morgan fingerprint density at radius 2 is 1.95 bits per heavy atom. The number of fused-ring (bicyclic) bond motifs is 4. The number of sulfonamides is 1. The van der Waals surface area contributed by atoms with Crippen LogP contribution in [0.3, 0.4) is 0 Å². The summed E-state index contributed by atoms with van der Waals surface area (Å²) in [5.41, 5.74) is 1.93. The van der Waals surface area contributed by atoms with Crippen molar-refractivity contribution in [2.24, 2.45) is 11.8 Å². The first-order valence-electron chi connectivity index (χ1n) is 15.2. The number of nitrogens with one attached hydrogen (secondary N) is 1. The Bertz CT molecular complexity index is 1540. The predicted octanol–water partition coefficient (Wildman–Crippen LogP) is 4.94. The summed E-state index contributed by atoms with van der Waals surface area (Å²) < 4.78 is 42.1. The Morgan fingerprint density at radius 1 is 1.14 bits per heavy atom. The zero-order valence-electron chi connectivity index (χ0n) is 25.4. The molecule has 1 amide bonds. The van der Waals surface area contributed by atoms with Crippen LogP contribution in [0.5, 0.6) is 5.75 Å². The summed E-state index contributed by atoms with van der Waals surface area (Å²) >= 11 is 6.41. The van der Waals surface area contributed by atoms with Crippen molar-refractivity contribution in [2.75, 3.05) is 45.3 Å². The van der Waals surface area contributed by atoms with E-state index in [1.165, 1.54) is 17.2 Å². The van der Waals surface area contributed by atoms with Crippen LogP contribution in [0.2, 0.25) is 5.02 Å². The summed E-state index contributed by atoms with van der Waals surface area (Å²) in [6.45, 7) is 5.87. The summed E-state index contributed by atoms with van der Waals surface area (Å²) in [5.74, 6) is 0.775. The monoisotopic (exact) mass is 627 g/mol. The second kappa shape index (κ2) is 11.4. The first kappa shape index (κ1) is 30.4. The fourth-order valence-corrected chi connectivity index (χ4v) is 8.58. The van der Waals surface area contributed by atoms with Gasteiger partial charge >= 0.3 is 0 Å². The number of rotatable bonds is 1. The topological polar surface area (TPSA) is 88.2 Å². The number of nitrogens with zero attached hydrogens (tertiary/aromatic N) is 2. The molecule has 2 bridgehead atoms. The highest BCUT2D eigenvalue weighted by molar-refractivity contribution is 7.90. The SMILES string of the molecule is CO[C@H]1C=CCN(C)C(C)(C)C(=O)NS(=O)(=O)c2ccc3c(c2)N(C[C@@H]2CC[C@H]21)C[C@@]1(CCCc2cc(Cl)ccc21)CO3. The van der Waals surface area contributed by atoms with E-state index in [2.05, 4.69) is 27.8 Å². The number of carbonyl (C=O) groups is 1. The van der Waals surface area contributed by atoms with E-state index in [4.69, 9.17) is 21.1 Å². The highest BCUT2D eigenvalue weighted by Gasteiger charge is 2.45. The van der Waals surface area contributed by atoms with Crippen LogP contribution in [0.25, 0.3) is 0 Å². The van der Waals surface area contributed by atoms with Crippen molar-refractivity contribution in [3.05, 3.63) is 64.7 Å². The molecule has 0 aromatic heterocycles. The Labute approximate surface area is 260 Å². The molecule has 2 aliphatic carbocycles. The van der Waals surface area contributed by atoms with Crippen molar-refractivity contribution in [2.45, 2.75) is 67.9 Å². The third kappa shape index (κ3) is 5.58. The van der Waals surface area contributed by atoms with Crippen molar-refractivity contribution < 1.29 is 22.7 Å². The average molecular weight is 628 g/mol. The number of likely N-dealkylation sites (N-methyl/N-ethyl adjacent to an activating group) is 1. The van der Waals surface area contributed by atoms with Gasteiger partial charge in [-0.1, -0.05) is 29.8 Å². The number of carbonyl (C=O) groups excluding carboxylic acids is 1. The first-order chi connectivity index (χ1) is 20.4. The molecule has 2 heterocycles. The Hall–Kier alpha value is -2.59. The fraction of sp³-hybridized carbons (Fsp3) is 0.545. The summed E-state index contributed by atoms with van der Waals surface area (Å²) in [6.07, 6.45) is 9.19. The second-order valence-electron chi connectivity index (χ2n) is 13.2. The number of anilines is 1. The van der Waals surface area contributed by atoms with Gasteiger partial charge in [-0.3, -0.25) is 9.69 Å². The van der Waals surface area contributed by atoms with E-state index in [-0.39, 0.29) is 16.4 Å². The number of ether oxygens (including phenoxy) is 2. The van der Waals surface area contributed by atoms with E-state index in [1.807, 2.05) is 24.1 Å². The van der Waals surface area contributed by atoms with Gasteiger partial charge in [-0.05, 0) is 106 Å². The van der Waals surface area contributed by atoms with E-state index >= 15 is 0 Å². The number of aryl methyl sites for hydroxylation is 1. The van der Waals surface area contributed by atoms with Crippen LogP contribution in [0.1, 0.15) is 50.7 Å². The zero-order chi connectivity index (χ0) is 30.6. The van der Waals surface area contributed by atoms with E-state index in [0.717, 1.165) is 49.4 Å². The van der Waals surface area contributed by atoms with Crippen LogP contribution in [-0.2, 0) is 31.4 Å². The molecular weight excluding hydrogens is 586 g/mol. The maximum Gasteiger partial charge on any atom is 0.264 e. The summed E-state index contributed by atoms with van der Waals surface area (Å²) in [6, 6.07) is 11.1. The lowest BCUT2D eigenvalue weighted by molar-refractivity contribution is -0.128. The number of benzene rings is 2. The molecule has 0 unspecified atom stereocenters. The Balaban J connectivity index is 1.45. The van der Waals surface area contributed by atoms with Gasteiger partial charge in [-0.25, -0.2) is 13.1 Å². The molecule has 2 aromatic rings. The molecule has 232 valence electrons. The van der Waals surface area contributed by atoms with Crippen molar-refractivity contribution in [1.82, 2.24) is 9.62 Å². The maximum atomic E-state index is 13.6. The normalized spacial score (nSPS) is 30.3. The van der Waals surface area contributed by atoms with Gasteiger partial charge in [0.1, 0.15) is 5.75 Å². The quantitative estimate of drug-likeness (QED) is 0.448. The molecular formula is C33H42ClN3O5S. The van der Waals surface area contributed by atoms with Crippen LogP contribution < -0.4 is 14.4 Å². The third-order valence-electron chi connectivity index (χ3n) is 10.4. The molecule has 6 rings (SSSR count). The van der Waals surface area contributed by atoms with E-state index in [1.54, 1.807) is 33.1 Å². The third-order valence-corrected chi connectivity index (χ3v) is 12.0. The molecule has 1 saturated carbocycles. The number of hydrogen-bond donors (Lipinski definition) is 1. The van der Waals surface area contributed by atoms with Crippen LogP contribution in [0.15, 0.2) is 53.4 Å². The van der Waals surface area contributed by atoms with Crippen LogP contribution >= 0.6 is 11.6 Å². The minimum Gasteiger partial charge on any atom is -0.490 e. The minimum atomic E-state index is -4.14. The van der Waals surface area contributed by atoms with Gasteiger partial charge in [0.2, 0.25) is 0 Å². The molecule has 2 aromatic carbocycles. The first-order valence-corrected chi connectivity index (χ1v) is 17.1. The van der Waals surface area contributed by atoms with Crippen molar-refractivity contribution >= 4 is 33.2 Å². The highest BCUT2D eigenvalue weighted by Crippen LogP contribution is 2.47. The molecule has 43 heavy (non-hydrogen) atoms. The minimum absolute atomic E-state index is 0.0436. The number of halogens is 1. The number of amides is 1. The average Bonchev–Trinajstić information content (AvgIpc) is 3.10. The van der Waals surface area contributed by atoms with Gasteiger partial charge < -0.3 is 14.4 Å². The highest BCUT2D eigenvalue weighted by atomic mass is 35.5. The van der Waals surface area contributed by atoms with Gasteiger partial charge in [-0.15, -0.1) is 0 Å². The van der Waals surface area contributed by atoms with Gasteiger partial charge in [0.05, 0.1) is 28.8 Å². The van der Waals surface area contributed by atoms with Gasteiger partial charge in [0, 0.05) is 37.2 Å². The second-order valence-corrected chi connectivity index (χ2v) is 15.4. The van der Waals surface area contributed by atoms with Gasteiger partial charge in [0.15, 0.2) is 0 Å². The molecule has 8 nitrogen and oxygen atoms in total. The van der Waals surface area contributed by atoms with Crippen LogP contribution in [-0.4, -0.2) is 71.3 Å². The largest absolute Gasteiger partial charge is 0.490 e. The predicted molar refractivity (Wildman–Crippen MR) is 168 cm³/mol. The zero-order valence-corrected chi connectivity index (χ0v) is 27.0. The van der Waals surface area contributed by atoms with Crippen molar-refractivity contribution in [1.29, 1.82) is 0 Å². The molecule has 1 spiro atoms. The van der Waals surface area contributed by atoms with Gasteiger partial charge in [-0.2, -0.15) is 0 Å². The number of methoxy groups -OCH3 is 1. The summed E-state index contributed by atoms with van der Waals surface area (Å²) in [7, 11) is -0.560. The molecule has 10 heteroatoms. The van der Waals surface area contributed by atoms with Crippen molar-refractivity contribution in [3.8, 4) is 5.75 Å². The Kier molecular flexibility index (Phi) is 8.07. The molecule has 0 saturated heterocycles. The van der Waals surface area contributed by atoms with Gasteiger partial charge in [0.25, 0.3) is 15.9 Å². The van der Waals surface area contributed by atoms with Crippen LogP contribution in [0, 0.1) is 11.8 Å². The fourth-order valence-electron chi connectivity index (χ4n) is 7.25. The maximum absolute atomic E-state index is 13.6. The standard InChI is InChI=1S/C33H42ClN3O5S/c1-32(2)31(38)35-43(39,40)25-11-14-30-28(18-25)37(19-23-9-12-26(23)29(41-4)8-6-16-36(32)3)20-33(21-42-30)15-5-7-22-17-24(34)10-13-27(22)33/h6,8,10-11,13-14,17-18,23,26,29H,5,7,9,12,15-16,19-21H2,1-4H3,(H,35,38)/t23-,26+,29-,33-/m0/s1. The van der Waals surface area contributed by atoms with E-state index < -0.39 is 21.5 Å². The Morgan fingerprint density at radius 3 is 2.70 bits per heavy atom. The van der Waals surface area contributed by atoms with E-state index in [0.29, 0.717) is 37.3 Å². The smallest absolute Gasteiger partial charge is 0.264 e. The molecule has 4 atom stereocenters. The molecule has 1 N–H and O–H groups in total. The van der Waals surface area contributed by atoms with E-state index in [9.17, 15) is 13.2 Å². The number of hydrogen-bond acceptors (Lipinski definition) is 7. The molecule has 0 radical (unpaired) electrons. The summed E-state index contributed by atoms with van der Waals surface area (Å²) in [4.78, 5) is 17.6. The lowest BCUT2D eigenvalue weighted by atomic mass is 9.68. The molecule has 1 fully saturated rings. The van der Waals surface area contributed by atoms with Crippen molar-refractivity contribution in [3.63, 3.8) is 0 Å². The molecule has 4 aliphatic rings.